The lowest BCUT2D eigenvalue weighted by molar-refractivity contribution is -0.120. The molecule has 4 nitrogen and oxygen atoms in total. The fraction of sp³-hybridized carbons (Fsp3) is 0.533. The third-order valence-corrected chi connectivity index (χ3v) is 3.34. The van der Waals surface area contributed by atoms with Crippen LogP contribution >= 0.6 is 0 Å². The molecule has 0 spiro atoms. The van der Waals surface area contributed by atoms with Gasteiger partial charge in [0.25, 0.3) is 0 Å². The van der Waals surface area contributed by atoms with Gasteiger partial charge in [0.15, 0.2) is 0 Å². The topological polar surface area (TPSA) is 44.4 Å². The molecule has 0 radical (unpaired) electrons. The zero-order valence-electron chi connectivity index (χ0n) is 12.0. The van der Waals surface area contributed by atoms with Gasteiger partial charge in [-0.1, -0.05) is 12.1 Å². The van der Waals surface area contributed by atoms with Crippen molar-refractivity contribution in [2.75, 3.05) is 25.0 Å². The van der Waals surface area contributed by atoms with Crippen molar-refractivity contribution in [2.45, 2.75) is 32.9 Å². The summed E-state index contributed by atoms with van der Waals surface area (Å²) in [7, 11) is 2.13. The van der Waals surface area contributed by atoms with Crippen LogP contribution in [0.4, 0.5) is 5.69 Å². The van der Waals surface area contributed by atoms with E-state index in [1.807, 2.05) is 13.8 Å². The second kappa shape index (κ2) is 6.06. The molecule has 0 aliphatic carbocycles. The lowest BCUT2D eigenvalue weighted by Gasteiger charge is -2.12. The van der Waals surface area contributed by atoms with Crippen molar-refractivity contribution in [1.29, 1.82) is 0 Å². The molecule has 2 rings (SSSR count). The standard InChI is InChI=1S/C15H23N3O/c1-11(2)17-15(19)10-16-9-12-4-5-14-13(8-12)6-7-18(14)3/h4-5,8,11,16H,6-7,9-10H2,1-3H3,(H,17,19). The van der Waals surface area contributed by atoms with Crippen molar-refractivity contribution < 1.29 is 4.79 Å². The molecule has 1 aromatic rings. The summed E-state index contributed by atoms with van der Waals surface area (Å²) in [6.07, 6.45) is 1.12. The first-order chi connectivity index (χ1) is 9.06. The van der Waals surface area contributed by atoms with E-state index in [-0.39, 0.29) is 11.9 Å². The SMILES string of the molecule is CC(C)NC(=O)CNCc1ccc2c(c1)CCN2C. The number of likely N-dealkylation sites (N-methyl/N-ethyl adjacent to an activating group) is 1. The molecule has 1 amide bonds. The zero-order chi connectivity index (χ0) is 13.8. The highest BCUT2D eigenvalue weighted by Crippen LogP contribution is 2.27. The average molecular weight is 261 g/mol. The third-order valence-electron chi connectivity index (χ3n) is 3.34. The molecule has 1 aliphatic rings. The smallest absolute Gasteiger partial charge is 0.234 e. The van der Waals surface area contributed by atoms with Crippen LogP contribution in [-0.2, 0) is 17.8 Å². The Morgan fingerprint density at radius 2 is 2.21 bits per heavy atom. The molecule has 104 valence electrons. The van der Waals surface area contributed by atoms with Crippen molar-refractivity contribution in [3.8, 4) is 0 Å². The van der Waals surface area contributed by atoms with E-state index >= 15 is 0 Å². The summed E-state index contributed by atoms with van der Waals surface area (Å²) >= 11 is 0. The number of benzene rings is 1. The van der Waals surface area contributed by atoms with E-state index < -0.39 is 0 Å². The van der Waals surface area contributed by atoms with E-state index in [0.717, 1.165) is 19.5 Å². The number of carbonyl (C=O) groups is 1. The largest absolute Gasteiger partial charge is 0.374 e. The van der Waals surface area contributed by atoms with E-state index in [0.29, 0.717) is 6.54 Å². The van der Waals surface area contributed by atoms with Gasteiger partial charge in [0, 0.05) is 31.9 Å². The predicted molar refractivity (Wildman–Crippen MR) is 78.4 cm³/mol. The van der Waals surface area contributed by atoms with E-state index in [1.54, 1.807) is 0 Å². The maximum atomic E-state index is 11.5. The van der Waals surface area contributed by atoms with E-state index in [4.69, 9.17) is 0 Å². The van der Waals surface area contributed by atoms with Crippen LogP contribution in [-0.4, -0.2) is 32.1 Å². The van der Waals surface area contributed by atoms with Crippen molar-refractivity contribution in [2.24, 2.45) is 0 Å². The fourth-order valence-electron chi connectivity index (χ4n) is 2.42. The van der Waals surface area contributed by atoms with Gasteiger partial charge in [0.2, 0.25) is 5.91 Å². The number of fused-ring (bicyclic) bond motifs is 1. The van der Waals surface area contributed by atoms with Crippen LogP contribution in [0.5, 0.6) is 0 Å². The highest BCUT2D eigenvalue weighted by atomic mass is 16.1. The van der Waals surface area contributed by atoms with Crippen LogP contribution < -0.4 is 15.5 Å². The first-order valence-electron chi connectivity index (χ1n) is 6.89. The van der Waals surface area contributed by atoms with Gasteiger partial charge < -0.3 is 15.5 Å². The van der Waals surface area contributed by atoms with E-state index in [2.05, 4.69) is 40.8 Å². The van der Waals surface area contributed by atoms with Gasteiger partial charge in [-0.25, -0.2) is 0 Å². The quantitative estimate of drug-likeness (QED) is 0.839. The Kier molecular flexibility index (Phi) is 4.43. The first kappa shape index (κ1) is 13.9. The molecule has 0 saturated carbocycles. The second-order valence-corrected chi connectivity index (χ2v) is 5.46. The summed E-state index contributed by atoms with van der Waals surface area (Å²) in [4.78, 5) is 13.8. The molecule has 0 fully saturated rings. The molecule has 1 heterocycles. The zero-order valence-corrected chi connectivity index (χ0v) is 12.0. The van der Waals surface area contributed by atoms with Gasteiger partial charge in [0.1, 0.15) is 0 Å². The van der Waals surface area contributed by atoms with Gasteiger partial charge in [0.05, 0.1) is 6.54 Å². The fourth-order valence-corrected chi connectivity index (χ4v) is 2.42. The number of carbonyl (C=O) groups excluding carboxylic acids is 1. The maximum Gasteiger partial charge on any atom is 0.234 e. The highest BCUT2D eigenvalue weighted by Gasteiger charge is 2.15. The van der Waals surface area contributed by atoms with Crippen molar-refractivity contribution >= 4 is 11.6 Å². The van der Waals surface area contributed by atoms with Crippen LogP contribution in [0.3, 0.4) is 0 Å². The third kappa shape index (κ3) is 3.70. The predicted octanol–water partition coefficient (Wildman–Crippen LogP) is 1.29. The Hall–Kier alpha value is -1.55. The normalized spacial score (nSPS) is 13.8. The second-order valence-electron chi connectivity index (χ2n) is 5.46. The van der Waals surface area contributed by atoms with Gasteiger partial charge in [-0.15, -0.1) is 0 Å². The highest BCUT2D eigenvalue weighted by molar-refractivity contribution is 5.78. The van der Waals surface area contributed by atoms with Gasteiger partial charge in [-0.2, -0.15) is 0 Å². The summed E-state index contributed by atoms with van der Waals surface area (Å²) in [6, 6.07) is 6.75. The molecule has 1 aromatic carbocycles. The van der Waals surface area contributed by atoms with E-state index in [9.17, 15) is 4.79 Å². The molecule has 0 atom stereocenters. The molecular formula is C15H23N3O. The summed E-state index contributed by atoms with van der Waals surface area (Å²) in [5, 5.41) is 6.05. The van der Waals surface area contributed by atoms with Crippen molar-refractivity contribution in [1.82, 2.24) is 10.6 Å². The molecular weight excluding hydrogens is 238 g/mol. The van der Waals surface area contributed by atoms with Crippen LogP contribution in [0, 0.1) is 0 Å². The number of hydrogen-bond donors (Lipinski definition) is 2. The number of nitrogens with one attached hydrogen (secondary N) is 2. The summed E-state index contributed by atoms with van der Waals surface area (Å²) in [5.41, 5.74) is 3.99. The summed E-state index contributed by atoms with van der Waals surface area (Å²) in [5.74, 6) is 0.0518. The molecule has 19 heavy (non-hydrogen) atoms. The Balaban J connectivity index is 1.83. The molecule has 2 N–H and O–H groups in total. The molecule has 0 bridgehead atoms. The molecule has 0 unspecified atom stereocenters. The molecule has 0 saturated heterocycles. The molecule has 4 heteroatoms. The number of hydrogen-bond acceptors (Lipinski definition) is 3. The number of amides is 1. The summed E-state index contributed by atoms with van der Waals surface area (Å²) in [6.45, 7) is 6.14. The number of nitrogens with zero attached hydrogens (tertiary/aromatic N) is 1. The average Bonchev–Trinajstić information content (AvgIpc) is 2.70. The molecule has 1 aliphatic heterocycles. The Labute approximate surface area is 115 Å². The van der Waals surface area contributed by atoms with Gasteiger partial charge >= 0.3 is 0 Å². The lowest BCUT2D eigenvalue weighted by atomic mass is 10.1. The number of anilines is 1. The van der Waals surface area contributed by atoms with Crippen LogP contribution in [0.15, 0.2) is 18.2 Å². The number of rotatable bonds is 5. The minimum absolute atomic E-state index is 0.0518. The van der Waals surface area contributed by atoms with Crippen LogP contribution in [0.25, 0.3) is 0 Å². The van der Waals surface area contributed by atoms with Crippen LogP contribution in [0.1, 0.15) is 25.0 Å². The van der Waals surface area contributed by atoms with Crippen molar-refractivity contribution in [3.63, 3.8) is 0 Å². The Morgan fingerprint density at radius 3 is 2.95 bits per heavy atom. The maximum absolute atomic E-state index is 11.5. The Morgan fingerprint density at radius 1 is 1.42 bits per heavy atom. The summed E-state index contributed by atoms with van der Waals surface area (Å²) < 4.78 is 0. The lowest BCUT2D eigenvalue weighted by Crippen LogP contribution is -2.37. The van der Waals surface area contributed by atoms with Gasteiger partial charge in [-0.3, -0.25) is 4.79 Å². The molecule has 0 aromatic heterocycles. The van der Waals surface area contributed by atoms with Gasteiger partial charge in [-0.05, 0) is 37.5 Å². The monoisotopic (exact) mass is 261 g/mol. The first-order valence-corrected chi connectivity index (χ1v) is 6.89. The van der Waals surface area contributed by atoms with Crippen LogP contribution in [0.2, 0.25) is 0 Å². The van der Waals surface area contributed by atoms with Crippen molar-refractivity contribution in [3.05, 3.63) is 29.3 Å². The van der Waals surface area contributed by atoms with E-state index in [1.165, 1.54) is 16.8 Å². The minimum atomic E-state index is 0.0518. The minimum Gasteiger partial charge on any atom is -0.374 e. The Bertz CT molecular complexity index is 457.